The minimum atomic E-state index is -0.143. The van der Waals surface area contributed by atoms with Crippen LogP contribution < -0.4 is 10.6 Å². The summed E-state index contributed by atoms with van der Waals surface area (Å²) in [6, 6.07) is 13.7. The first-order valence-electron chi connectivity index (χ1n) is 9.32. The molecule has 2 aromatic rings. The molecule has 5 nitrogen and oxygen atoms in total. The van der Waals surface area contributed by atoms with E-state index in [1.165, 1.54) is 0 Å². The Balaban J connectivity index is 1.93. The molecule has 0 saturated carbocycles. The fraction of sp³-hybridized carbons (Fsp3) is 0.364. The zero-order valence-electron chi connectivity index (χ0n) is 17.2. The molecular formula is C22H29N3O2S. The number of rotatable bonds is 8. The van der Waals surface area contributed by atoms with Crippen LogP contribution in [0.2, 0.25) is 0 Å². The van der Waals surface area contributed by atoms with Crippen LogP contribution >= 0.6 is 11.8 Å². The number of carbonyl (C=O) groups excluding carboxylic acids is 2. The molecule has 2 N–H and O–H groups in total. The Bertz CT molecular complexity index is 836. The first-order valence-corrected chi connectivity index (χ1v) is 10.5. The summed E-state index contributed by atoms with van der Waals surface area (Å²) in [5.41, 5.74) is 3.81. The fourth-order valence-corrected chi connectivity index (χ4v) is 3.56. The van der Waals surface area contributed by atoms with Gasteiger partial charge in [-0.2, -0.15) is 0 Å². The number of benzene rings is 2. The van der Waals surface area contributed by atoms with Crippen LogP contribution in [0.4, 0.5) is 11.4 Å². The van der Waals surface area contributed by atoms with Crippen molar-refractivity contribution in [1.82, 2.24) is 4.90 Å². The first-order chi connectivity index (χ1) is 13.3. The van der Waals surface area contributed by atoms with Crippen LogP contribution in [0.25, 0.3) is 0 Å². The van der Waals surface area contributed by atoms with Gasteiger partial charge in [0.05, 0.1) is 18.8 Å². The zero-order valence-corrected chi connectivity index (χ0v) is 18.0. The van der Waals surface area contributed by atoms with Gasteiger partial charge < -0.3 is 10.6 Å². The lowest BCUT2D eigenvalue weighted by atomic mass is 9.98. The average molecular weight is 400 g/mol. The number of nitrogens with zero attached hydrogens (tertiary/aromatic N) is 1. The van der Waals surface area contributed by atoms with E-state index in [4.69, 9.17) is 0 Å². The smallest absolute Gasteiger partial charge is 0.238 e. The number of aryl methyl sites for hydroxylation is 1. The zero-order chi connectivity index (χ0) is 20.7. The highest BCUT2D eigenvalue weighted by Crippen LogP contribution is 2.27. The molecule has 0 aromatic heterocycles. The normalized spacial score (nSPS) is 11.0. The summed E-state index contributed by atoms with van der Waals surface area (Å²) in [5, 5.41) is 5.93. The highest BCUT2D eigenvalue weighted by molar-refractivity contribution is 7.98. The van der Waals surface area contributed by atoms with Crippen molar-refractivity contribution < 1.29 is 9.59 Å². The minimum Gasteiger partial charge on any atom is -0.324 e. The number of anilines is 2. The molecule has 0 aliphatic heterocycles. The molecule has 0 saturated heterocycles. The number of amides is 2. The Morgan fingerprint density at radius 1 is 1.00 bits per heavy atom. The number of hydrogen-bond acceptors (Lipinski definition) is 4. The monoisotopic (exact) mass is 399 g/mol. The van der Waals surface area contributed by atoms with Crippen molar-refractivity contribution in [2.24, 2.45) is 0 Å². The van der Waals surface area contributed by atoms with E-state index in [9.17, 15) is 9.59 Å². The molecule has 28 heavy (non-hydrogen) atoms. The van der Waals surface area contributed by atoms with E-state index >= 15 is 0 Å². The van der Waals surface area contributed by atoms with Crippen LogP contribution in [0.5, 0.6) is 0 Å². The molecule has 2 amide bonds. The fourth-order valence-electron chi connectivity index (χ4n) is 3.01. The predicted molar refractivity (Wildman–Crippen MR) is 118 cm³/mol. The van der Waals surface area contributed by atoms with Crippen molar-refractivity contribution in [3.05, 3.63) is 53.6 Å². The predicted octanol–water partition coefficient (Wildman–Crippen LogP) is 4.35. The van der Waals surface area contributed by atoms with Gasteiger partial charge in [0.2, 0.25) is 11.8 Å². The third-order valence-corrected chi connectivity index (χ3v) is 5.20. The Morgan fingerprint density at radius 3 is 2.29 bits per heavy atom. The molecule has 2 rings (SSSR count). The summed E-state index contributed by atoms with van der Waals surface area (Å²) in [4.78, 5) is 27.6. The number of hydrogen-bond donors (Lipinski definition) is 2. The maximum Gasteiger partial charge on any atom is 0.238 e. The van der Waals surface area contributed by atoms with Crippen molar-refractivity contribution in [1.29, 1.82) is 0 Å². The molecule has 6 heteroatoms. The van der Waals surface area contributed by atoms with E-state index in [2.05, 4.69) is 24.5 Å². The van der Waals surface area contributed by atoms with Crippen molar-refractivity contribution in [2.45, 2.75) is 31.6 Å². The third kappa shape index (κ3) is 6.11. The number of carbonyl (C=O) groups is 2. The lowest BCUT2D eigenvalue weighted by Crippen LogP contribution is -2.36. The molecule has 0 atom stereocenters. The number of para-hydroxylation sites is 2. The van der Waals surface area contributed by atoms with Crippen molar-refractivity contribution in [3.63, 3.8) is 0 Å². The van der Waals surface area contributed by atoms with Gasteiger partial charge >= 0.3 is 0 Å². The maximum absolute atomic E-state index is 12.5. The molecular weight excluding hydrogens is 370 g/mol. The van der Waals surface area contributed by atoms with Crippen LogP contribution in [0, 0.1) is 6.92 Å². The first kappa shape index (κ1) is 22.0. The summed E-state index contributed by atoms with van der Waals surface area (Å²) in [7, 11) is 1.76. The summed E-state index contributed by atoms with van der Waals surface area (Å²) in [5.74, 6) is 0.0433. The molecule has 2 aromatic carbocycles. The van der Waals surface area contributed by atoms with Crippen LogP contribution in [-0.2, 0) is 9.59 Å². The Morgan fingerprint density at radius 2 is 1.64 bits per heavy atom. The topological polar surface area (TPSA) is 61.4 Å². The van der Waals surface area contributed by atoms with E-state index in [1.54, 1.807) is 23.7 Å². The lowest BCUT2D eigenvalue weighted by molar-refractivity contribution is -0.119. The Hall–Kier alpha value is -2.31. The molecule has 0 radical (unpaired) electrons. The van der Waals surface area contributed by atoms with Crippen LogP contribution in [0.3, 0.4) is 0 Å². The van der Waals surface area contributed by atoms with Gasteiger partial charge in [-0.25, -0.2) is 0 Å². The van der Waals surface area contributed by atoms with Gasteiger partial charge in [0, 0.05) is 10.6 Å². The molecule has 0 unspecified atom stereocenters. The Labute approximate surface area is 171 Å². The van der Waals surface area contributed by atoms with Crippen LogP contribution in [-0.4, -0.2) is 43.1 Å². The van der Waals surface area contributed by atoms with Crippen molar-refractivity contribution in [2.75, 3.05) is 37.0 Å². The SMILES string of the molecule is CSc1ccccc1NC(=O)CN(C)CC(=O)Nc1c(C)cccc1C(C)C. The Kier molecular flexibility index (Phi) is 8.08. The van der Waals surface area contributed by atoms with E-state index in [-0.39, 0.29) is 24.9 Å². The maximum atomic E-state index is 12.5. The van der Waals surface area contributed by atoms with Crippen LogP contribution in [0.15, 0.2) is 47.4 Å². The second kappa shape index (κ2) is 10.3. The summed E-state index contributed by atoms with van der Waals surface area (Å²) in [6.07, 6.45) is 1.97. The van der Waals surface area contributed by atoms with Gasteiger partial charge in [0.1, 0.15) is 0 Å². The molecule has 0 bridgehead atoms. The molecule has 0 spiro atoms. The third-order valence-electron chi connectivity index (χ3n) is 4.40. The molecule has 0 heterocycles. The highest BCUT2D eigenvalue weighted by Gasteiger charge is 2.15. The lowest BCUT2D eigenvalue weighted by Gasteiger charge is -2.19. The summed E-state index contributed by atoms with van der Waals surface area (Å²) >= 11 is 1.58. The highest BCUT2D eigenvalue weighted by atomic mass is 32.2. The van der Waals surface area contributed by atoms with E-state index in [0.29, 0.717) is 5.92 Å². The van der Waals surface area contributed by atoms with Gasteiger partial charge in [-0.3, -0.25) is 14.5 Å². The average Bonchev–Trinajstić information content (AvgIpc) is 2.63. The number of thioether (sulfide) groups is 1. The second-order valence-corrected chi connectivity index (χ2v) is 8.01. The minimum absolute atomic E-state index is 0.129. The quantitative estimate of drug-likeness (QED) is 0.648. The van der Waals surface area contributed by atoms with Gasteiger partial charge in [-0.05, 0) is 49.4 Å². The van der Waals surface area contributed by atoms with Crippen LogP contribution in [0.1, 0.15) is 30.9 Å². The molecule has 0 aliphatic carbocycles. The summed E-state index contributed by atoms with van der Waals surface area (Å²) < 4.78 is 0. The largest absolute Gasteiger partial charge is 0.324 e. The van der Waals surface area contributed by atoms with Crippen molar-refractivity contribution in [3.8, 4) is 0 Å². The van der Waals surface area contributed by atoms with E-state index in [1.807, 2.05) is 55.6 Å². The molecule has 0 aliphatic rings. The number of likely N-dealkylation sites (N-methyl/N-ethyl adjacent to an activating group) is 1. The van der Waals surface area contributed by atoms with Crippen molar-refractivity contribution >= 4 is 35.0 Å². The van der Waals surface area contributed by atoms with E-state index < -0.39 is 0 Å². The van der Waals surface area contributed by atoms with Gasteiger partial charge in [0.15, 0.2) is 0 Å². The van der Waals surface area contributed by atoms with Gasteiger partial charge in [-0.15, -0.1) is 11.8 Å². The standard InChI is InChI=1S/C22H29N3O2S/c1-15(2)17-10-8-9-16(3)22(17)24-21(27)14-25(4)13-20(26)23-18-11-6-7-12-19(18)28-5/h6-12,15H,13-14H2,1-5H3,(H,23,26)(H,24,27). The summed E-state index contributed by atoms with van der Waals surface area (Å²) in [6.45, 7) is 6.48. The van der Waals surface area contributed by atoms with Gasteiger partial charge in [-0.1, -0.05) is 44.2 Å². The van der Waals surface area contributed by atoms with E-state index in [0.717, 1.165) is 27.4 Å². The van der Waals surface area contributed by atoms with Gasteiger partial charge in [0.25, 0.3) is 0 Å². The second-order valence-electron chi connectivity index (χ2n) is 7.16. The molecule has 0 fully saturated rings. The number of nitrogens with one attached hydrogen (secondary N) is 2. The molecule has 150 valence electrons.